The molecule has 0 atom stereocenters. The van der Waals surface area contributed by atoms with E-state index in [0.29, 0.717) is 12.1 Å². The van der Waals surface area contributed by atoms with Crippen LogP contribution in [-0.2, 0) is 11.3 Å². The molecule has 0 saturated carbocycles. The average molecular weight is 456 g/mol. The van der Waals surface area contributed by atoms with Crippen molar-refractivity contribution in [3.05, 3.63) is 144 Å². The second-order valence-electron chi connectivity index (χ2n) is 8.17. The Morgan fingerprint density at radius 2 is 1.31 bits per heavy atom. The standard InChI is InChI=1S/C31H25N3O/c35-31(29(25-15-7-2-8-16-25)21-24-13-5-1-6-14-24)32-22-27-23-34(28-19-11-4-12-20-28)33-30(27)26-17-9-3-10-18-26/h1-21,23H,22H2,(H,32,35)/b29-21-. The zero-order chi connectivity index (χ0) is 23.9. The molecule has 0 aliphatic rings. The maximum Gasteiger partial charge on any atom is 0.252 e. The SMILES string of the molecule is O=C(NCc1cn(-c2ccccc2)nc1-c1ccccc1)/C(=C\c1ccccc1)c1ccccc1. The highest BCUT2D eigenvalue weighted by Gasteiger charge is 2.16. The molecule has 0 bridgehead atoms. The summed E-state index contributed by atoms with van der Waals surface area (Å²) in [6, 6.07) is 39.7. The van der Waals surface area contributed by atoms with Crippen molar-refractivity contribution < 1.29 is 4.79 Å². The van der Waals surface area contributed by atoms with Crippen LogP contribution in [0, 0.1) is 0 Å². The first-order valence-electron chi connectivity index (χ1n) is 11.6. The van der Waals surface area contributed by atoms with Crippen molar-refractivity contribution in [2.45, 2.75) is 6.54 Å². The highest BCUT2D eigenvalue weighted by atomic mass is 16.1. The Bertz CT molecular complexity index is 1420. The van der Waals surface area contributed by atoms with Gasteiger partial charge in [0.2, 0.25) is 0 Å². The first kappa shape index (κ1) is 22.1. The van der Waals surface area contributed by atoms with Crippen molar-refractivity contribution in [3.8, 4) is 16.9 Å². The van der Waals surface area contributed by atoms with E-state index in [9.17, 15) is 4.79 Å². The normalized spacial score (nSPS) is 11.3. The van der Waals surface area contributed by atoms with E-state index < -0.39 is 0 Å². The zero-order valence-corrected chi connectivity index (χ0v) is 19.2. The van der Waals surface area contributed by atoms with Crippen molar-refractivity contribution >= 4 is 17.6 Å². The van der Waals surface area contributed by atoms with E-state index in [4.69, 9.17) is 5.10 Å². The van der Waals surface area contributed by atoms with Gasteiger partial charge in [0.25, 0.3) is 5.91 Å². The van der Waals surface area contributed by atoms with Gasteiger partial charge in [0.1, 0.15) is 0 Å². The lowest BCUT2D eigenvalue weighted by Gasteiger charge is -2.10. The number of carbonyl (C=O) groups is 1. The summed E-state index contributed by atoms with van der Waals surface area (Å²) in [7, 11) is 0. The number of nitrogens with one attached hydrogen (secondary N) is 1. The van der Waals surface area contributed by atoms with Gasteiger partial charge in [-0.15, -0.1) is 0 Å². The van der Waals surface area contributed by atoms with Crippen LogP contribution in [0.2, 0.25) is 0 Å². The molecule has 0 aliphatic carbocycles. The van der Waals surface area contributed by atoms with Crippen molar-refractivity contribution in [2.24, 2.45) is 0 Å². The summed E-state index contributed by atoms with van der Waals surface area (Å²) in [6.07, 6.45) is 3.91. The fraction of sp³-hybridized carbons (Fsp3) is 0.0323. The predicted octanol–water partition coefficient (Wildman–Crippen LogP) is 6.40. The molecule has 0 saturated heterocycles. The molecular formula is C31H25N3O. The topological polar surface area (TPSA) is 46.9 Å². The average Bonchev–Trinajstić information content (AvgIpc) is 3.37. The smallest absolute Gasteiger partial charge is 0.252 e. The lowest BCUT2D eigenvalue weighted by Crippen LogP contribution is -2.24. The predicted molar refractivity (Wildman–Crippen MR) is 142 cm³/mol. The highest BCUT2D eigenvalue weighted by molar-refractivity contribution is 6.24. The van der Waals surface area contributed by atoms with Crippen LogP contribution in [0.3, 0.4) is 0 Å². The number of benzene rings is 4. The van der Waals surface area contributed by atoms with Crippen LogP contribution in [0.25, 0.3) is 28.6 Å². The molecule has 1 N–H and O–H groups in total. The Labute approximate surface area is 205 Å². The van der Waals surface area contributed by atoms with Gasteiger partial charge in [0.15, 0.2) is 0 Å². The maximum atomic E-state index is 13.4. The van der Waals surface area contributed by atoms with Gasteiger partial charge in [-0.25, -0.2) is 4.68 Å². The van der Waals surface area contributed by atoms with E-state index in [2.05, 4.69) is 5.32 Å². The molecule has 1 amide bonds. The second kappa shape index (κ2) is 10.5. The fourth-order valence-electron chi connectivity index (χ4n) is 3.98. The minimum atomic E-state index is -0.133. The van der Waals surface area contributed by atoms with Crippen LogP contribution >= 0.6 is 0 Å². The minimum Gasteiger partial charge on any atom is -0.348 e. The maximum absolute atomic E-state index is 13.4. The Balaban J connectivity index is 1.46. The molecule has 0 aliphatic heterocycles. The number of amides is 1. The third-order valence-corrected chi connectivity index (χ3v) is 5.74. The van der Waals surface area contributed by atoms with Crippen LogP contribution in [0.15, 0.2) is 128 Å². The van der Waals surface area contributed by atoms with Gasteiger partial charge in [0.05, 0.1) is 11.4 Å². The van der Waals surface area contributed by atoms with Gasteiger partial charge >= 0.3 is 0 Å². The molecule has 0 fully saturated rings. The Morgan fingerprint density at radius 3 is 1.97 bits per heavy atom. The van der Waals surface area contributed by atoms with E-state index in [0.717, 1.165) is 33.6 Å². The number of para-hydroxylation sites is 1. The molecule has 4 nitrogen and oxygen atoms in total. The molecule has 35 heavy (non-hydrogen) atoms. The molecule has 0 radical (unpaired) electrons. The molecule has 4 aromatic carbocycles. The van der Waals surface area contributed by atoms with Gasteiger partial charge in [-0.3, -0.25) is 4.79 Å². The number of hydrogen-bond donors (Lipinski definition) is 1. The Kier molecular flexibility index (Phi) is 6.63. The summed E-state index contributed by atoms with van der Waals surface area (Å²) >= 11 is 0. The number of nitrogens with zero attached hydrogens (tertiary/aromatic N) is 2. The summed E-state index contributed by atoms with van der Waals surface area (Å²) in [4.78, 5) is 13.4. The molecule has 170 valence electrons. The van der Waals surface area contributed by atoms with Crippen molar-refractivity contribution in [3.63, 3.8) is 0 Å². The van der Waals surface area contributed by atoms with Gasteiger partial charge in [-0.2, -0.15) is 5.10 Å². The molecule has 4 heteroatoms. The summed E-state index contributed by atoms with van der Waals surface area (Å²) in [6.45, 7) is 0.356. The van der Waals surface area contributed by atoms with Crippen LogP contribution in [-0.4, -0.2) is 15.7 Å². The number of aromatic nitrogens is 2. The number of rotatable bonds is 7. The summed E-state index contributed by atoms with van der Waals surface area (Å²) in [5, 5.41) is 7.98. The Morgan fingerprint density at radius 1 is 0.743 bits per heavy atom. The molecule has 1 aromatic heterocycles. The van der Waals surface area contributed by atoms with Crippen LogP contribution in [0.1, 0.15) is 16.7 Å². The van der Waals surface area contributed by atoms with Gasteiger partial charge in [-0.05, 0) is 29.3 Å². The first-order chi connectivity index (χ1) is 17.3. The van der Waals surface area contributed by atoms with Crippen molar-refractivity contribution in [1.29, 1.82) is 0 Å². The molecular weight excluding hydrogens is 430 g/mol. The Hall–Kier alpha value is -4.70. The molecule has 0 unspecified atom stereocenters. The molecule has 5 rings (SSSR count). The summed E-state index contributed by atoms with van der Waals surface area (Å²) < 4.78 is 1.86. The largest absolute Gasteiger partial charge is 0.348 e. The minimum absolute atomic E-state index is 0.133. The fourth-order valence-corrected chi connectivity index (χ4v) is 3.98. The lowest BCUT2D eigenvalue weighted by atomic mass is 10.0. The van der Waals surface area contributed by atoms with Gasteiger partial charge < -0.3 is 5.32 Å². The van der Waals surface area contributed by atoms with E-state index in [1.165, 1.54) is 0 Å². The van der Waals surface area contributed by atoms with Crippen LogP contribution < -0.4 is 5.32 Å². The first-order valence-corrected chi connectivity index (χ1v) is 11.6. The highest BCUT2D eigenvalue weighted by Crippen LogP contribution is 2.24. The lowest BCUT2D eigenvalue weighted by molar-refractivity contribution is -0.115. The molecule has 1 heterocycles. The second-order valence-corrected chi connectivity index (χ2v) is 8.17. The summed E-state index contributed by atoms with van der Waals surface area (Å²) in [5.74, 6) is -0.133. The number of hydrogen-bond acceptors (Lipinski definition) is 2. The van der Waals surface area contributed by atoms with E-state index in [1.54, 1.807) is 0 Å². The van der Waals surface area contributed by atoms with E-state index >= 15 is 0 Å². The summed E-state index contributed by atoms with van der Waals surface area (Å²) in [5.41, 5.74) is 6.24. The third kappa shape index (κ3) is 5.28. The monoisotopic (exact) mass is 455 g/mol. The molecule has 0 spiro atoms. The van der Waals surface area contributed by atoms with Gasteiger partial charge in [0, 0.05) is 29.4 Å². The zero-order valence-electron chi connectivity index (χ0n) is 19.2. The number of carbonyl (C=O) groups excluding carboxylic acids is 1. The van der Waals surface area contributed by atoms with Crippen molar-refractivity contribution in [2.75, 3.05) is 0 Å². The van der Waals surface area contributed by atoms with E-state index in [1.807, 2.05) is 138 Å². The third-order valence-electron chi connectivity index (χ3n) is 5.74. The quantitative estimate of drug-likeness (QED) is 0.228. The van der Waals surface area contributed by atoms with Crippen molar-refractivity contribution in [1.82, 2.24) is 15.1 Å². The van der Waals surface area contributed by atoms with Crippen LogP contribution in [0.5, 0.6) is 0 Å². The van der Waals surface area contributed by atoms with Gasteiger partial charge in [-0.1, -0.05) is 109 Å². The molecule has 5 aromatic rings. The van der Waals surface area contributed by atoms with E-state index in [-0.39, 0.29) is 5.91 Å². The van der Waals surface area contributed by atoms with Crippen LogP contribution in [0.4, 0.5) is 0 Å².